The van der Waals surface area contributed by atoms with Crippen LogP contribution in [0.2, 0.25) is 0 Å². The Hall–Kier alpha value is -1.47. The fourth-order valence-corrected chi connectivity index (χ4v) is 4.26. The molecule has 0 spiro atoms. The van der Waals surface area contributed by atoms with Crippen LogP contribution in [0.4, 0.5) is 0 Å². The van der Waals surface area contributed by atoms with E-state index in [4.69, 9.17) is 4.42 Å². The average Bonchev–Trinajstić information content (AvgIpc) is 3.09. The highest BCUT2D eigenvalue weighted by Crippen LogP contribution is 2.24. The molecule has 2 aromatic rings. The van der Waals surface area contributed by atoms with E-state index in [2.05, 4.69) is 9.97 Å². The van der Waals surface area contributed by atoms with E-state index >= 15 is 0 Å². The number of furan rings is 1. The van der Waals surface area contributed by atoms with Gasteiger partial charge in [0.2, 0.25) is 0 Å². The molecule has 0 atom stereocenters. The molecule has 0 N–H and O–H groups in total. The predicted molar refractivity (Wildman–Crippen MR) is 92.7 cm³/mol. The topological polar surface area (TPSA) is 59.2 Å². The first-order chi connectivity index (χ1) is 11.2. The van der Waals surface area contributed by atoms with E-state index in [-0.39, 0.29) is 5.91 Å². The maximum Gasteiger partial charge on any atom is 0.289 e. The number of hydrogen-bond acceptors (Lipinski definition) is 6. The van der Waals surface area contributed by atoms with Crippen molar-refractivity contribution in [3.63, 3.8) is 0 Å². The number of hydrogen-bond donors (Lipinski definition) is 0. The number of rotatable bonds is 5. The molecule has 3 heterocycles. The molecule has 0 saturated carbocycles. The van der Waals surface area contributed by atoms with Crippen LogP contribution in [-0.2, 0) is 5.75 Å². The lowest BCUT2D eigenvalue weighted by molar-refractivity contribution is 0.0690. The lowest BCUT2D eigenvalue weighted by atomic mass is 10.1. The summed E-state index contributed by atoms with van der Waals surface area (Å²) in [4.78, 5) is 22.7. The second-order valence-corrected chi connectivity index (χ2v) is 7.51. The zero-order chi connectivity index (χ0) is 16.1. The number of thioether (sulfide) groups is 2. The quantitative estimate of drug-likeness (QED) is 0.609. The van der Waals surface area contributed by atoms with Gasteiger partial charge in [-0.05, 0) is 42.5 Å². The summed E-state index contributed by atoms with van der Waals surface area (Å²) in [5.41, 5.74) is 0. The van der Waals surface area contributed by atoms with Crippen LogP contribution in [0.3, 0.4) is 0 Å². The van der Waals surface area contributed by atoms with Gasteiger partial charge in [-0.25, -0.2) is 9.97 Å². The van der Waals surface area contributed by atoms with Gasteiger partial charge in [-0.15, -0.1) is 0 Å². The molecule has 1 saturated heterocycles. The minimum Gasteiger partial charge on any atom is -0.455 e. The molecular formula is C16H19N3O2S2. The Bertz CT molecular complexity index is 642. The van der Waals surface area contributed by atoms with Gasteiger partial charge in [-0.1, -0.05) is 11.8 Å². The van der Waals surface area contributed by atoms with Gasteiger partial charge in [0.25, 0.3) is 5.91 Å². The van der Waals surface area contributed by atoms with Crippen molar-refractivity contribution in [1.29, 1.82) is 0 Å². The van der Waals surface area contributed by atoms with E-state index in [0.29, 0.717) is 22.7 Å². The molecule has 1 aliphatic heterocycles. The van der Waals surface area contributed by atoms with Crippen LogP contribution in [0.25, 0.3) is 0 Å². The highest BCUT2D eigenvalue weighted by Gasteiger charge is 2.25. The molecule has 1 fully saturated rings. The summed E-state index contributed by atoms with van der Waals surface area (Å²) in [6.07, 6.45) is 5.54. The Morgan fingerprint density at radius 3 is 2.83 bits per heavy atom. The van der Waals surface area contributed by atoms with Gasteiger partial charge >= 0.3 is 0 Å². The largest absolute Gasteiger partial charge is 0.455 e. The van der Waals surface area contributed by atoms with Crippen molar-refractivity contribution in [2.45, 2.75) is 29.8 Å². The highest BCUT2D eigenvalue weighted by molar-refractivity contribution is 7.99. The van der Waals surface area contributed by atoms with Crippen LogP contribution in [0.15, 0.2) is 40.2 Å². The Balaban J connectivity index is 1.58. The Morgan fingerprint density at radius 2 is 2.09 bits per heavy atom. The Labute approximate surface area is 144 Å². The second kappa shape index (κ2) is 7.88. The monoisotopic (exact) mass is 349 g/mol. The van der Waals surface area contributed by atoms with Crippen molar-refractivity contribution in [3.05, 3.63) is 42.1 Å². The van der Waals surface area contributed by atoms with Gasteiger partial charge < -0.3 is 9.32 Å². The lowest BCUT2D eigenvalue weighted by Gasteiger charge is -2.30. The third-order valence-corrected chi connectivity index (χ3v) is 5.76. The summed E-state index contributed by atoms with van der Waals surface area (Å²) in [5.74, 6) is 4.00. The van der Waals surface area contributed by atoms with E-state index in [9.17, 15) is 4.79 Å². The number of carbonyl (C=O) groups is 1. The molecular weight excluding hydrogens is 330 g/mol. The fourth-order valence-electron chi connectivity index (χ4n) is 2.48. The first-order valence-electron chi connectivity index (χ1n) is 7.57. The maximum absolute atomic E-state index is 12.5. The average molecular weight is 349 g/mol. The number of nitrogens with zero attached hydrogens (tertiary/aromatic N) is 3. The Kier molecular flexibility index (Phi) is 5.61. The van der Waals surface area contributed by atoms with Crippen LogP contribution in [0, 0.1) is 0 Å². The smallest absolute Gasteiger partial charge is 0.289 e. The molecule has 0 unspecified atom stereocenters. The Morgan fingerprint density at radius 1 is 1.35 bits per heavy atom. The van der Waals surface area contributed by atoms with Crippen molar-refractivity contribution >= 4 is 29.4 Å². The molecule has 1 amide bonds. The molecule has 2 aromatic heterocycles. The molecule has 122 valence electrons. The fraction of sp³-hybridized carbons (Fsp3) is 0.438. The molecule has 1 aliphatic rings. The van der Waals surface area contributed by atoms with E-state index in [0.717, 1.165) is 30.1 Å². The zero-order valence-corrected chi connectivity index (χ0v) is 14.6. The summed E-state index contributed by atoms with van der Waals surface area (Å²) in [5, 5.41) is 0.702. The third-order valence-electron chi connectivity index (χ3n) is 3.82. The van der Waals surface area contributed by atoms with Crippen LogP contribution in [0.5, 0.6) is 0 Å². The SMILES string of the molecule is CN(C(=O)c1ccc(CSc2ncccn2)o1)C1CCSCC1. The van der Waals surface area contributed by atoms with E-state index in [1.165, 1.54) is 11.8 Å². The number of carbonyl (C=O) groups excluding carboxylic acids is 1. The van der Waals surface area contributed by atoms with Gasteiger partial charge in [-0.3, -0.25) is 4.79 Å². The summed E-state index contributed by atoms with van der Waals surface area (Å²) >= 11 is 3.45. The van der Waals surface area contributed by atoms with Crippen molar-refractivity contribution in [1.82, 2.24) is 14.9 Å². The first-order valence-corrected chi connectivity index (χ1v) is 9.71. The van der Waals surface area contributed by atoms with Crippen LogP contribution in [-0.4, -0.2) is 45.4 Å². The summed E-state index contributed by atoms with van der Waals surface area (Å²) < 4.78 is 5.71. The van der Waals surface area contributed by atoms with Crippen molar-refractivity contribution in [3.8, 4) is 0 Å². The minimum absolute atomic E-state index is 0.0332. The second-order valence-electron chi connectivity index (χ2n) is 5.35. The van der Waals surface area contributed by atoms with Gasteiger partial charge in [0, 0.05) is 25.5 Å². The standard InChI is InChI=1S/C16H19N3O2S2/c1-19(12-5-9-22-10-6-12)15(20)14-4-3-13(21-14)11-23-16-17-7-2-8-18-16/h2-4,7-8,12H,5-6,9-11H2,1H3. The maximum atomic E-state index is 12.5. The van der Waals surface area contributed by atoms with E-state index in [1.54, 1.807) is 24.5 Å². The zero-order valence-electron chi connectivity index (χ0n) is 13.0. The van der Waals surface area contributed by atoms with Crippen molar-refractivity contribution in [2.24, 2.45) is 0 Å². The highest BCUT2D eigenvalue weighted by atomic mass is 32.2. The molecule has 7 heteroatoms. The predicted octanol–water partition coefficient (Wildman–Crippen LogP) is 3.33. The van der Waals surface area contributed by atoms with Gasteiger partial charge in [0.15, 0.2) is 10.9 Å². The molecule has 5 nitrogen and oxygen atoms in total. The molecule has 23 heavy (non-hydrogen) atoms. The van der Waals surface area contributed by atoms with Crippen LogP contribution >= 0.6 is 23.5 Å². The molecule has 3 rings (SSSR count). The van der Waals surface area contributed by atoms with Gasteiger partial charge in [-0.2, -0.15) is 11.8 Å². The van der Waals surface area contributed by atoms with Crippen molar-refractivity contribution < 1.29 is 9.21 Å². The van der Waals surface area contributed by atoms with Gasteiger partial charge in [0.05, 0.1) is 5.75 Å². The van der Waals surface area contributed by atoms with Crippen LogP contribution in [0.1, 0.15) is 29.2 Å². The first kappa shape index (κ1) is 16.4. The summed E-state index contributed by atoms with van der Waals surface area (Å²) in [6.45, 7) is 0. The van der Waals surface area contributed by atoms with Crippen LogP contribution < -0.4 is 0 Å². The molecule has 0 bridgehead atoms. The molecule has 0 aliphatic carbocycles. The van der Waals surface area contributed by atoms with Gasteiger partial charge in [0.1, 0.15) is 5.76 Å². The van der Waals surface area contributed by atoms with Crippen molar-refractivity contribution in [2.75, 3.05) is 18.6 Å². The minimum atomic E-state index is -0.0332. The van der Waals surface area contributed by atoms with E-state index < -0.39 is 0 Å². The summed E-state index contributed by atoms with van der Waals surface area (Å²) in [6, 6.07) is 5.73. The van der Waals surface area contributed by atoms with E-state index in [1.807, 2.05) is 29.8 Å². The summed E-state index contributed by atoms with van der Waals surface area (Å²) in [7, 11) is 1.87. The molecule has 0 radical (unpaired) electrons. The third kappa shape index (κ3) is 4.29. The number of aromatic nitrogens is 2. The normalized spacial score (nSPS) is 15.5. The molecule has 0 aromatic carbocycles. The lowest BCUT2D eigenvalue weighted by Crippen LogP contribution is -2.39. The number of amides is 1.